The third-order valence-corrected chi connectivity index (χ3v) is 4.49. The van der Waals surface area contributed by atoms with Gasteiger partial charge in [0, 0.05) is 29.9 Å². The average Bonchev–Trinajstić information content (AvgIpc) is 3.15. The first-order valence-corrected chi connectivity index (χ1v) is 7.99. The molecule has 0 aliphatic heterocycles. The number of anilines is 1. The Morgan fingerprint density at radius 1 is 1.04 bits per heavy atom. The molecular formula is C18H16ClN5. The molecule has 0 radical (unpaired) electrons. The summed E-state index contributed by atoms with van der Waals surface area (Å²) in [4.78, 5) is 0. The molecule has 2 aromatic carbocycles. The van der Waals surface area contributed by atoms with Crippen LogP contribution in [0.5, 0.6) is 0 Å². The van der Waals surface area contributed by atoms with Crippen molar-refractivity contribution in [2.75, 3.05) is 5.73 Å². The molecule has 0 fully saturated rings. The first-order valence-electron chi connectivity index (χ1n) is 7.61. The van der Waals surface area contributed by atoms with E-state index in [-0.39, 0.29) is 0 Å². The van der Waals surface area contributed by atoms with Crippen LogP contribution in [0.4, 0.5) is 5.69 Å². The Bertz CT molecular complexity index is 1010. The van der Waals surface area contributed by atoms with Crippen molar-refractivity contribution in [3.05, 3.63) is 65.6 Å². The summed E-state index contributed by atoms with van der Waals surface area (Å²) in [6.45, 7) is 0.603. The normalized spacial score (nSPS) is 11.2. The highest BCUT2D eigenvalue weighted by atomic mass is 35.5. The average molecular weight is 338 g/mol. The van der Waals surface area contributed by atoms with Crippen LogP contribution in [-0.4, -0.2) is 19.3 Å². The van der Waals surface area contributed by atoms with Crippen molar-refractivity contribution in [1.82, 2.24) is 19.3 Å². The summed E-state index contributed by atoms with van der Waals surface area (Å²) in [5.74, 6) is 1.67. The molecule has 0 aliphatic carbocycles. The van der Waals surface area contributed by atoms with Gasteiger partial charge in [-0.25, -0.2) is 0 Å². The van der Waals surface area contributed by atoms with E-state index in [2.05, 4.69) is 20.8 Å². The molecule has 4 rings (SSSR count). The number of benzene rings is 2. The lowest BCUT2D eigenvalue weighted by Crippen LogP contribution is -2.06. The molecule has 5 nitrogen and oxygen atoms in total. The first-order chi connectivity index (χ1) is 11.6. The first kappa shape index (κ1) is 14.8. The van der Waals surface area contributed by atoms with Gasteiger partial charge in [-0.2, -0.15) is 0 Å². The van der Waals surface area contributed by atoms with Crippen LogP contribution < -0.4 is 5.73 Å². The number of nitrogens with zero attached hydrogens (tertiary/aromatic N) is 4. The van der Waals surface area contributed by atoms with Crippen molar-refractivity contribution in [3.8, 4) is 11.4 Å². The zero-order valence-corrected chi connectivity index (χ0v) is 13.9. The van der Waals surface area contributed by atoms with E-state index in [1.54, 1.807) is 0 Å². The lowest BCUT2D eigenvalue weighted by molar-refractivity contribution is 0.718. The van der Waals surface area contributed by atoms with Crippen molar-refractivity contribution >= 4 is 28.2 Å². The molecule has 0 unspecified atom stereocenters. The van der Waals surface area contributed by atoms with E-state index >= 15 is 0 Å². The van der Waals surface area contributed by atoms with Crippen molar-refractivity contribution in [2.24, 2.45) is 7.05 Å². The van der Waals surface area contributed by atoms with E-state index in [4.69, 9.17) is 17.3 Å². The Kier molecular flexibility index (Phi) is 3.50. The number of rotatable bonds is 3. The minimum absolute atomic E-state index is 0.603. The number of para-hydroxylation sites is 1. The van der Waals surface area contributed by atoms with Crippen molar-refractivity contribution in [1.29, 1.82) is 0 Å². The molecule has 24 heavy (non-hydrogen) atoms. The second kappa shape index (κ2) is 5.69. The molecule has 2 N–H and O–H groups in total. The van der Waals surface area contributed by atoms with Gasteiger partial charge in [-0.05, 0) is 36.4 Å². The molecule has 0 aliphatic rings. The molecule has 2 heterocycles. The number of nitrogens with two attached hydrogens (primary N) is 1. The van der Waals surface area contributed by atoms with Crippen molar-refractivity contribution in [3.63, 3.8) is 0 Å². The number of hydrogen-bond donors (Lipinski definition) is 1. The third-order valence-electron chi connectivity index (χ3n) is 4.18. The maximum atomic E-state index is 6.35. The highest BCUT2D eigenvalue weighted by Gasteiger charge is 2.13. The highest BCUT2D eigenvalue weighted by Crippen LogP contribution is 2.25. The quantitative estimate of drug-likeness (QED) is 0.579. The van der Waals surface area contributed by atoms with E-state index < -0.39 is 0 Å². The molecule has 0 atom stereocenters. The zero-order chi connectivity index (χ0) is 16.7. The summed E-state index contributed by atoms with van der Waals surface area (Å²) in [5, 5.41) is 10.5. The highest BCUT2D eigenvalue weighted by molar-refractivity contribution is 6.35. The smallest absolute Gasteiger partial charge is 0.163 e. The molecule has 0 bridgehead atoms. The summed E-state index contributed by atoms with van der Waals surface area (Å²) in [7, 11) is 1.97. The lowest BCUT2D eigenvalue weighted by Gasteiger charge is -2.08. The fourth-order valence-electron chi connectivity index (χ4n) is 2.88. The van der Waals surface area contributed by atoms with Gasteiger partial charge in [0.25, 0.3) is 0 Å². The predicted molar refractivity (Wildman–Crippen MR) is 96.9 cm³/mol. The monoisotopic (exact) mass is 337 g/mol. The van der Waals surface area contributed by atoms with E-state index in [9.17, 15) is 0 Å². The van der Waals surface area contributed by atoms with Gasteiger partial charge >= 0.3 is 0 Å². The fraction of sp³-hybridized carbons (Fsp3) is 0.111. The lowest BCUT2D eigenvalue weighted by atomic mass is 10.2. The largest absolute Gasteiger partial charge is 0.399 e. The van der Waals surface area contributed by atoms with Gasteiger partial charge in [-0.1, -0.05) is 23.7 Å². The van der Waals surface area contributed by atoms with Gasteiger partial charge in [0.2, 0.25) is 0 Å². The molecular weight excluding hydrogens is 322 g/mol. The number of nitrogen functional groups attached to an aromatic ring is 1. The molecule has 4 aromatic rings. The van der Waals surface area contributed by atoms with Gasteiger partial charge in [-0.15, -0.1) is 10.2 Å². The zero-order valence-electron chi connectivity index (χ0n) is 13.1. The van der Waals surface area contributed by atoms with Crippen LogP contribution in [0.25, 0.3) is 22.3 Å². The molecule has 0 saturated carbocycles. The maximum absolute atomic E-state index is 6.35. The van der Waals surface area contributed by atoms with Crippen LogP contribution in [0.3, 0.4) is 0 Å². The minimum atomic E-state index is 0.603. The summed E-state index contributed by atoms with van der Waals surface area (Å²) in [6.07, 6.45) is 2.02. The number of hydrogen-bond acceptors (Lipinski definition) is 3. The van der Waals surface area contributed by atoms with E-state index in [1.807, 2.05) is 60.3 Å². The van der Waals surface area contributed by atoms with E-state index in [1.165, 1.54) is 0 Å². The molecule has 2 aromatic heterocycles. The molecule has 0 saturated heterocycles. The van der Waals surface area contributed by atoms with Crippen molar-refractivity contribution < 1.29 is 0 Å². The summed E-state index contributed by atoms with van der Waals surface area (Å²) >= 11 is 6.35. The summed E-state index contributed by atoms with van der Waals surface area (Å²) in [5.41, 5.74) is 8.48. The fourth-order valence-corrected chi connectivity index (χ4v) is 3.17. The van der Waals surface area contributed by atoms with Crippen LogP contribution in [0.15, 0.2) is 54.7 Å². The Labute approximate surface area is 144 Å². The Balaban J connectivity index is 1.72. The van der Waals surface area contributed by atoms with Crippen molar-refractivity contribution in [2.45, 2.75) is 6.54 Å². The summed E-state index contributed by atoms with van der Waals surface area (Å²) < 4.78 is 4.09. The van der Waals surface area contributed by atoms with Gasteiger partial charge in [0.15, 0.2) is 11.6 Å². The van der Waals surface area contributed by atoms with Gasteiger partial charge in [0.05, 0.1) is 17.1 Å². The number of aromatic nitrogens is 4. The summed E-state index contributed by atoms with van der Waals surface area (Å²) in [6, 6.07) is 15.6. The third kappa shape index (κ3) is 2.43. The van der Waals surface area contributed by atoms with Gasteiger partial charge < -0.3 is 14.9 Å². The second-order valence-electron chi connectivity index (χ2n) is 5.74. The topological polar surface area (TPSA) is 61.7 Å². The Hall–Kier alpha value is -2.79. The number of fused-ring (bicyclic) bond motifs is 1. The molecule has 0 spiro atoms. The maximum Gasteiger partial charge on any atom is 0.163 e. The Morgan fingerprint density at radius 3 is 2.62 bits per heavy atom. The Morgan fingerprint density at radius 2 is 1.83 bits per heavy atom. The van der Waals surface area contributed by atoms with Crippen LogP contribution in [-0.2, 0) is 13.6 Å². The second-order valence-corrected chi connectivity index (χ2v) is 6.15. The van der Waals surface area contributed by atoms with Gasteiger partial charge in [-0.3, -0.25) is 0 Å². The minimum Gasteiger partial charge on any atom is -0.399 e. The van der Waals surface area contributed by atoms with Crippen LogP contribution in [0, 0.1) is 0 Å². The standard InChI is InChI=1S/C18H16ClN5/c1-23-16(21-22-18(23)13-5-7-14(20)8-6-13)11-24-10-9-12-3-2-4-15(19)17(12)24/h2-10H,11,20H2,1H3. The molecule has 6 heteroatoms. The van der Waals surface area contributed by atoms with Crippen LogP contribution in [0.1, 0.15) is 5.82 Å². The van der Waals surface area contributed by atoms with E-state index in [0.29, 0.717) is 6.54 Å². The predicted octanol–water partition coefficient (Wildman–Crippen LogP) is 3.72. The molecule has 0 amide bonds. The van der Waals surface area contributed by atoms with Crippen LogP contribution >= 0.6 is 11.6 Å². The number of halogens is 1. The SMILES string of the molecule is Cn1c(Cn2ccc3cccc(Cl)c32)nnc1-c1ccc(N)cc1. The molecule has 120 valence electrons. The van der Waals surface area contributed by atoms with Gasteiger partial charge in [0.1, 0.15) is 0 Å². The van der Waals surface area contributed by atoms with E-state index in [0.717, 1.165) is 38.8 Å². The van der Waals surface area contributed by atoms with Crippen LogP contribution in [0.2, 0.25) is 5.02 Å².